The molecule has 1 amide bonds. The summed E-state index contributed by atoms with van der Waals surface area (Å²) in [7, 11) is 1.54. The van der Waals surface area contributed by atoms with Crippen molar-refractivity contribution in [1.29, 1.82) is 0 Å². The van der Waals surface area contributed by atoms with Gasteiger partial charge in [-0.2, -0.15) is 10.2 Å². The summed E-state index contributed by atoms with van der Waals surface area (Å²) in [6, 6.07) is 5.34. The first-order chi connectivity index (χ1) is 13.5. The first kappa shape index (κ1) is 21.2. The third-order valence-corrected chi connectivity index (χ3v) is 4.46. The molecule has 0 aliphatic carbocycles. The summed E-state index contributed by atoms with van der Waals surface area (Å²) in [6.07, 6.45) is 2.28. The first-order valence-corrected chi connectivity index (χ1v) is 9.32. The number of hydrazone groups is 1. The van der Waals surface area contributed by atoms with Crippen LogP contribution >= 0.6 is 11.8 Å². The molecule has 28 heavy (non-hydrogen) atoms. The number of hydrogen-bond donors (Lipinski definition) is 3. The van der Waals surface area contributed by atoms with Gasteiger partial charge in [-0.05, 0) is 25.5 Å². The summed E-state index contributed by atoms with van der Waals surface area (Å²) in [5.41, 5.74) is 1.68. The number of hydrogen-bond acceptors (Lipinski definition) is 8. The van der Waals surface area contributed by atoms with Crippen LogP contribution in [0.5, 0.6) is 11.5 Å². The van der Waals surface area contributed by atoms with Crippen molar-refractivity contribution in [3.63, 3.8) is 0 Å². The quantitative estimate of drug-likeness (QED) is 0.319. The van der Waals surface area contributed by atoms with Gasteiger partial charge in [0, 0.05) is 5.56 Å². The second kappa shape index (κ2) is 10.3. The van der Waals surface area contributed by atoms with Crippen molar-refractivity contribution in [3.8, 4) is 11.5 Å². The monoisotopic (exact) mass is 407 g/mol. The Labute approximate surface area is 164 Å². The smallest absolute Gasteiger partial charge is 0.342 e. The van der Waals surface area contributed by atoms with E-state index in [0.29, 0.717) is 23.7 Å². The van der Waals surface area contributed by atoms with Crippen molar-refractivity contribution in [1.82, 2.24) is 20.6 Å². The average Bonchev–Trinajstić information content (AvgIpc) is 2.68. The number of benzene rings is 1. The number of carbonyl (C=O) groups is 1. The minimum absolute atomic E-state index is 0.0192. The zero-order valence-electron chi connectivity index (χ0n) is 15.6. The van der Waals surface area contributed by atoms with Gasteiger partial charge in [0.05, 0.1) is 25.2 Å². The number of aromatic nitrogens is 3. The number of methoxy groups -OCH3 is 1. The van der Waals surface area contributed by atoms with Crippen molar-refractivity contribution in [2.75, 3.05) is 13.7 Å². The molecule has 150 valence electrons. The highest BCUT2D eigenvalue weighted by atomic mass is 32.2. The Morgan fingerprint density at radius 3 is 2.89 bits per heavy atom. The minimum Gasteiger partial charge on any atom is -0.493 e. The zero-order chi connectivity index (χ0) is 20.5. The maximum atomic E-state index is 12.2. The van der Waals surface area contributed by atoms with Crippen LogP contribution in [0.25, 0.3) is 0 Å². The lowest BCUT2D eigenvalue weighted by atomic mass is 10.2. The van der Waals surface area contributed by atoms with E-state index in [2.05, 4.69) is 20.7 Å². The highest BCUT2D eigenvalue weighted by molar-refractivity contribution is 8.00. The van der Waals surface area contributed by atoms with Gasteiger partial charge in [-0.3, -0.25) is 14.6 Å². The van der Waals surface area contributed by atoms with Crippen molar-refractivity contribution in [3.05, 3.63) is 44.6 Å². The molecule has 0 aliphatic rings. The summed E-state index contributed by atoms with van der Waals surface area (Å²) in [5, 5.41) is 8.99. The van der Waals surface area contributed by atoms with Gasteiger partial charge in [-0.1, -0.05) is 24.8 Å². The second-order valence-electron chi connectivity index (χ2n) is 5.53. The van der Waals surface area contributed by atoms with Crippen molar-refractivity contribution >= 4 is 23.9 Å². The van der Waals surface area contributed by atoms with Gasteiger partial charge in [0.15, 0.2) is 16.5 Å². The maximum absolute atomic E-state index is 12.2. The predicted octanol–water partition coefficient (Wildman–Crippen LogP) is 0.886. The maximum Gasteiger partial charge on any atom is 0.342 e. The van der Waals surface area contributed by atoms with E-state index >= 15 is 0 Å². The molecule has 0 bridgehead atoms. The largest absolute Gasteiger partial charge is 0.493 e. The summed E-state index contributed by atoms with van der Waals surface area (Å²) in [6.45, 7) is 4.09. The van der Waals surface area contributed by atoms with Crippen LogP contribution in [0.15, 0.2) is 37.9 Å². The van der Waals surface area contributed by atoms with Crippen molar-refractivity contribution in [2.24, 2.45) is 5.10 Å². The van der Waals surface area contributed by atoms with E-state index in [0.717, 1.165) is 18.2 Å². The molecule has 2 aromatic rings. The van der Waals surface area contributed by atoms with Gasteiger partial charge in [-0.25, -0.2) is 15.3 Å². The number of aromatic amines is 2. The third kappa shape index (κ3) is 5.71. The van der Waals surface area contributed by atoms with Gasteiger partial charge >= 0.3 is 5.69 Å². The van der Waals surface area contributed by atoms with Crippen molar-refractivity contribution < 1.29 is 14.3 Å². The second-order valence-corrected chi connectivity index (χ2v) is 6.86. The van der Waals surface area contributed by atoms with Crippen LogP contribution in [0.1, 0.15) is 25.8 Å². The molecule has 0 spiro atoms. The molecule has 1 unspecified atom stereocenters. The summed E-state index contributed by atoms with van der Waals surface area (Å²) in [5.74, 6) is 0.667. The molecular weight excluding hydrogens is 386 g/mol. The Hall–Kier alpha value is -3.08. The molecule has 1 heterocycles. The number of para-hydroxylation sites is 1. The predicted molar refractivity (Wildman–Crippen MR) is 105 cm³/mol. The molecule has 3 N–H and O–H groups in total. The number of ether oxygens (including phenoxy) is 2. The number of carbonyl (C=O) groups excluding carboxylic acids is 1. The number of nitrogens with one attached hydrogen (secondary N) is 3. The van der Waals surface area contributed by atoms with Gasteiger partial charge in [0.25, 0.3) is 11.5 Å². The van der Waals surface area contributed by atoms with Crippen molar-refractivity contribution in [2.45, 2.75) is 30.5 Å². The van der Waals surface area contributed by atoms with Gasteiger partial charge in [-0.15, -0.1) is 0 Å². The van der Waals surface area contributed by atoms with E-state index in [1.165, 1.54) is 6.21 Å². The lowest BCUT2D eigenvalue weighted by Crippen LogP contribution is -2.30. The number of rotatable bonds is 9. The van der Waals surface area contributed by atoms with Crippen LogP contribution < -0.4 is 26.1 Å². The molecule has 2 rings (SSSR count). The standard InChI is InChI=1S/C17H21N5O5S/c1-4-8-27-13-11(6-5-7-12(13)26-3)9-18-20-14(23)10(2)28-16-15(24)19-17(25)22-21-16/h5-7,9-10H,4,8H2,1-3H3,(H,20,23)(H2,19,22,24,25)/b18-9+. The van der Waals surface area contributed by atoms with Crippen LogP contribution in [-0.4, -0.2) is 46.3 Å². The molecule has 0 fully saturated rings. The van der Waals surface area contributed by atoms with Crippen LogP contribution in [0.4, 0.5) is 0 Å². The lowest BCUT2D eigenvalue weighted by Gasteiger charge is -2.12. The topological polar surface area (TPSA) is 139 Å². The highest BCUT2D eigenvalue weighted by Gasteiger charge is 2.17. The Kier molecular flexibility index (Phi) is 7.81. The zero-order valence-corrected chi connectivity index (χ0v) is 16.5. The van der Waals surface area contributed by atoms with E-state index in [-0.39, 0.29) is 5.03 Å². The van der Waals surface area contributed by atoms with Gasteiger partial charge < -0.3 is 9.47 Å². The van der Waals surface area contributed by atoms with Crippen LogP contribution in [0, 0.1) is 0 Å². The third-order valence-electron chi connectivity index (χ3n) is 3.40. The number of thioether (sulfide) groups is 1. The number of nitrogens with zero attached hydrogens (tertiary/aromatic N) is 2. The minimum atomic E-state index is -0.713. The average molecular weight is 407 g/mol. The molecule has 0 saturated carbocycles. The van der Waals surface area contributed by atoms with E-state index in [1.807, 2.05) is 11.9 Å². The normalized spacial score (nSPS) is 12.0. The molecule has 0 saturated heterocycles. The first-order valence-electron chi connectivity index (χ1n) is 8.44. The van der Waals surface area contributed by atoms with Crippen LogP contribution in [0.3, 0.4) is 0 Å². The Morgan fingerprint density at radius 1 is 1.43 bits per heavy atom. The molecule has 10 nitrogen and oxygen atoms in total. The summed E-state index contributed by atoms with van der Waals surface area (Å²) < 4.78 is 11.0. The van der Waals surface area contributed by atoms with E-state index in [9.17, 15) is 14.4 Å². The molecule has 1 aromatic carbocycles. The van der Waals surface area contributed by atoms with Crippen LogP contribution in [-0.2, 0) is 4.79 Å². The summed E-state index contributed by atoms with van der Waals surface area (Å²) in [4.78, 5) is 36.8. The molecular formula is C17H21N5O5S. The van der Waals surface area contributed by atoms with Crippen LogP contribution in [0.2, 0.25) is 0 Å². The molecule has 0 aliphatic heterocycles. The number of amides is 1. The van der Waals surface area contributed by atoms with E-state index in [4.69, 9.17) is 9.47 Å². The summed E-state index contributed by atoms with van der Waals surface area (Å²) >= 11 is 0.898. The Balaban J connectivity index is 2.04. The molecule has 1 atom stereocenters. The molecule has 1 aromatic heterocycles. The Bertz CT molecular complexity index is 955. The lowest BCUT2D eigenvalue weighted by molar-refractivity contribution is -0.120. The SMILES string of the molecule is CCCOc1c(/C=N/NC(=O)C(C)Sc2n[nH]c(=O)[nH]c2=O)cccc1OC. The Morgan fingerprint density at radius 2 is 2.21 bits per heavy atom. The number of H-pyrrole nitrogens is 2. The highest BCUT2D eigenvalue weighted by Crippen LogP contribution is 2.30. The van der Waals surface area contributed by atoms with E-state index < -0.39 is 22.4 Å². The molecule has 0 radical (unpaired) electrons. The fraction of sp³-hybridized carbons (Fsp3) is 0.353. The van der Waals surface area contributed by atoms with E-state index in [1.54, 1.807) is 32.2 Å². The van der Waals surface area contributed by atoms with Gasteiger partial charge in [0.2, 0.25) is 0 Å². The fourth-order valence-corrected chi connectivity index (χ4v) is 2.80. The van der Waals surface area contributed by atoms with Gasteiger partial charge in [0.1, 0.15) is 0 Å². The fourth-order valence-electron chi connectivity index (χ4n) is 2.05. The molecule has 11 heteroatoms.